The van der Waals surface area contributed by atoms with Crippen LogP contribution in [-0.2, 0) is 0 Å². The zero-order valence-electron chi connectivity index (χ0n) is 7.03. The number of carboxylic acid groups (broad SMARTS) is 1. The van der Waals surface area contributed by atoms with Crippen LogP contribution in [0.1, 0.15) is 10.5 Å². The van der Waals surface area contributed by atoms with Crippen molar-refractivity contribution in [2.75, 3.05) is 0 Å². The molecule has 0 aromatic carbocycles. The third-order valence-electron chi connectivity index (χ3n) is 1.65. The Balaban J connectivity index is 2.36. The molecule has 2 rings (SSSR count). The van der Waals surface area contributed by atoms with Gasteiger partial charge in [0.25, 0.3) is 0 Å². The van der Waals surface area contributed by atoms with Crippen LogP contribution in [0.2, 0.25) is 0 Å². The highest BCUT2D eigenvalue weighted by atomic mass is 16.4. The molecule has 6 nitrogen and oxygen atoms in total. The van der Waals surface area contributed by atoms with Crippen molar-refractivity contribution in [3.05, 3.63) is 36.4 Å². The van der Waals surface area contributed by atoms with Crippen molar-refractivity contribution < 1.29 is 9.90 Å². The maximum absolute atomic E-state index is 10.5. The molecule has 6 heteroatoms. The van der Waals surface area contributed by atoms with Crippen molar-refractivity contribution >= 4 is 5.97 Å². The van der Waals surface area contributed by atoms with Crippen LogP contribution in [0.5, 0.6) is 0 Å². The van der Waals surface area contributed by atoms with Crippen molar-refractivity contribution in [3.8, 4) is 5.69 Å². The van der Waals surface area contributed by atoms with E-state index in [-0.39, 0.29) is 5.69 Å². The second-order valence-corrected chi connectivity index (χ2v) is 2.55. The van der Waals surface area contributed by atoms with Crippen molar-refractivity contribution in [3.63, 3.8) is 0 Å². The molecule has 14 heavy (non-hydrogen) atoms. The molecule has 0 spiro atoms. The number of aromatic carboxylic acids is 1. The summed E-state index contributed by atoms with van der Waals surface area (Å²) in [5.74, 6) is -1.05. The maximum atomic E-state index is 10.5. The quantitative estimate of drug-likeness (QED) is 0.739. The fraction of sp³-hybridized carbons (Fsp3) is 0. The largest absolute Gasteiger partial charge is 0.477 e. The molecule has 0 amide bonds. The molecule has 0 aliphatic rings. The third-order valence-corrected chi connectivity index (χ3v) is 1.65. The first-order chi connectivity index (χ1) is 6.77. The molecule has 2 aromatic heterocycles. The van der Waals surface area contributed by atoms with Crippen molar-refractivity contribution in [1.29, 1.82) is 0 Å². The van der Waals surface area contributed by atoms with Gasteiger partial charge in [-0.15, -0.1) is 5.10 Å². The van der Waals surface area contributed by atoms with Crippen molar-refractivity contribution in [2.45, 2.75) is 0 Å². The maximum Gasteiger partial charge on any atom is 0.354 e. The fourth-order valence-corrected chi connectivity index (χ4v) is 0.994. The average Bonchev–Trinajstić information content (AvgIpc) is 2.71. The van der Waals surface area contributed by atoms with Gasteiger partial charge in [0.1, 0.15) is 5.69 Å². The fourth-order valence-electron chi connectivity index (χ4n) is 0.994. The van der Waals surface area contributed by atoms with E-state index >= 15 is 0 Å². The van der Waals surface area contributed by atoms with E-state index in [2.05, 4.69) is 15.3 Å². The topological polar surface area (TPSA) is 80.9 Å². The lowest BCUT2D eigenvalue weighted by Gasteiger charge is -1.98. The molecule has 0 unspecified atom stereocenters. The molecular formula is C8H6N4O2. The molecule has 0 saturated heterocycles. The molecule has 0 radical (unpaired) electrons. The number of carboxylic acids is 1. The number of hydrogen-bond donors (Lipinski definition) is 1. The Kier molecular flexibility index (Phi) is 1.94. The van der Waals surface area contributed by atoms with Crippen molar-refractivity contribution in [2.24, 2.45) is 0 Å². The summed E-state index contributed by atoms with van der Waals surface area (Å²) < 4.78 is 1.50. The zero-order valence-corrected chi connectivity index (χ0v) is 7.03. The summed E-state index contributed by atoms with van der Waals surface area (Å²) in [4.78, 5) is 14.2. The van der Waals surface area contributed by atoms with E-state index in [0.717, 1.165) is 0 Å². The Morgan fingerprint density at radius 1 is 1.43 bits per heavy atom. The van der Waals surface area contributed by atoms with Gasteiger partial charge in [0.05, 0.1) is 24.3 Å². The highest BCUT2D eigenvalue weighted by molar-refractivity contribution is 5.85. The van der Waals surface area contributed by atoms with E-state index < -0.39 is 5.97 Å². The van der Waals surface area contributed by atoms with Gasteiger partial charge < -0.3 is 5.11 Å². The number of carbonyl (C=O) groups is 1. The summed E-state index contributed by atoms with van der Waals surface area (Å²) in [5.41, 5.74) is 0.682. The lowest BCUT2D eigenvalue weighted by molar-refractivity contribution is 0.0690. The first-order valence-electron chi connectivity index (χ1n) is 3.83. The highest BCUT2D eigenvalue weighted by Crippen LogP contribution is 2.04. The molecule has 70 valence electrons. The lowest BCUT2D eigenvalue weighted by Crippen LogP contribution is -2.02. The van der Waals surface area contributed by atoms with Gasteiger partial charge in [-0.25, -0.2) is 14.5 Å². The Morgan fingerprint density at radius 3 is 2.79 bits per heavy atom. The lowest BCUT2D eigenvalue weighted by atomic mass is 10.3. The van der Waals surface area contributed by atoms with Crippen LogP contribution in [0.4, 0.5) is 0 Å². The summed E-state index contributed by atoms with van der Waals surface area (Å²) in [5, 5.41) is 16.0. The van der Waals surface area contributed by atoms with Crippen LogP contribution >= 0.6 is 0 Å². The van der Waals surface area contributed by atoms with Crippen LogP contribution in [0, 0.1) is 0 Å². The second kappa shape index (κ2) is 3.25. The van der Waals surface area contributed by atoms with Gasteiger partial charge in [0, 0.05) is 0 Å². The van der Waals surface area contributed by atoms with Crippen LogP contribution in [0.3, 0.4) is 0 Å². The van der Waals surface area contributed by atoms with Gasteiger partial charge in [-0.05, 0) is 12.1 Å². The first kappa shape index (κ1) is 8.36. The molecule has 2 aromatic rings. The summed E-state index contributed by atoms with van der Waals surface area (Å²) in [6.07, 6.45) is 4.61. The summed E-state index contributed by atoms with van der Waals surface area (Å²) in [6, 6.07) is 3.03. The zero-order chi connectivity index (χ0) is 9.97. The average molecular weight is 190 g/mol. The minimum atomic E-state index is -1.05. The number of pyridine rings is 1. The smallest absolute Gasteiger partial charge is 0.354 e. The van der Waals surface area contributed by atoms with Crippen LogP contribution in [0.15, 0.2) is 30.7 Å². The van der Waals surface area contributed by atoms with Gasteiger partial charge in [-0.2, -0.15) is 0 Å². The summed E-state index contributed by atoms with van der Waals surface area (Å²) in [7, 11) is 0. The van der Waals surface area contributed by atoms with Gasteiger partial charge in [0.2, 0.25) is 0 Å². The van der Waals surface area contributed by atoms with Gasteiger partial charge in [-0.1, -0.05) is 5.21 Å². The number of aromatic nitrogens is 4. The molecule has 1 N–H and O–H groups in total. The molecular weight excluding hydrogens is 184 g/mol. The van der Waals surface area contributed by atoms with Crippen LogP contribution in [-0.4, -0.2) is 31.1 Å². The monoisotopic (exact) mass is 190 g/mol. The molecule has 0 aliphatic heterocycles. The third kappa shape index (κ3) is 1.45. The number of rotatable bonds is 2. The molecule has 0 atom stereocenters. The van der Waals surface area contributed by atoms with E-state index in [9.17, 15) is 4.79 Å². The molecule has 0 fully saturated rings. The van der Waals surface area contributed by atoms with Crippen molar-refractivity contribution in [1.82, 2.24) is 20.0 Å². The SMILES string of the molecule is O=C(O)c1ccc(-n2ccnn2)cn1. The van der Waals surface area contributed by atoms with Gasteiger partial charge in [-0.3, -0.25) is 0 Å². The minimum Gasteiger partial charge on any atom is -0.477 e. The Labute approximate surface area is 78.8 Å². The second-order valence-electron chi connectivity index (χ2n) is 2.55. The minimum absolute atomic E-state index is 0.00821. The van der Waals surface area contributed by atoms with E-state index in [1.54, 1.807) is 12.3 Å². The standard InChI is InChI=1S/C8H6N4O2/c13-8(14)7-2-1-6(5-9-7)12-4-3-10-11-12/h1-5H,(H,13,14). The highest BCUT2D eigenvalue weighted by Gasteiger charge is 2.04. The first-order valence-corrected chi connectivity index (χ1v) is 3.83. The van der Waals surface area contributed by atoms with E-state index in [1.165, 1.54) is 23.1 Å². The van der Waals surface area contributed by atoms with Crippen LogP contribution in [0.25, 0.3) is 5.69 Å². The Bertz CT molecular complexity index is 435. The molecule has 0 aliphatic carbocycles. The summed E-state index contributed by atoms with van der Waals surface area (Å²) >= 11 is 0. The summed E-state index contributed by atoms with van der Waals surface area (Å²) in [6.45, 7) is 0. The molecule has 0 saturated carbocycles. The molecule has 0 bridgehead atoms. The number of nitrogens with zero attached hydrogens (tertiary/aromatic N) is 4. The van der Waals surface area contributed by atoms with Crippen LogP contribution < -0.4 is 0 Å². The van der Waals surface area contributed by atoms with Gasteiger partial charge in [0.15, 0.2) is 0 Å². The normalized spacial score (nSPS) is 10.0. The number of hydrogen-bond acceptors (Lipinski definition) is 4. The van der Waals surface area contributed by atoms with E-state index in [4.69, 9.17) is 5.11 Å². The van der Waals surface area contributed by atoms with Gasteiger partial charge >= 0.3 is 5.97 Å². The Morgan fingerprint density at radius 2 is 2.29 bits per heavy atom. The molecule has 2 heterocycles. The Hall–Kier alpha value is -2.24. The predicted molar refractivity (Wildman–Crippen MR) is 46.1 cm³/mol. The predicted octanol–water partition coefficient (Wildman–Crippen LogP) is 0.360. The van der Waals surface area contributed by atoms with E-state index in [1.807, 2.05) is 0 Å². The van der Waals surface area contributed by atoms with E-state index in [0.29, 0.717) is 5.69 Å².